The second-order valence-electron chi connectivity index (χ2n) is 4.46. The number of nitrogens with zero attached hydrogens (tertiary/aromatic N) is 3. The number of methoxy groups -OCH3 is 1. The normalized spacial score (nSPS) is 18.6. The van der Waals surface area contributed by atoms with Crippen LogP contribution in [-0.2, 0) is 9.47 Å². The second kappa shape index (κ2) is 4.55. The van der Waals surface area contributed by atoms with Crippen LogP contribution in [0.4, 0.5) is 5.95 Å². The smallest absolute Gasteiger partial charge is 0.280 e. The first-order valence-corrected chi connectivity index (χ1v) is 6.29. The van der Waals surface area contributed by atoms with E-state index < -0.39 is 0 Å². The number of fused-ring (bicyclic) bond motifs is 1. The number of aromatic nitrogens is 4. The van der Waals surface area contributed by atoms with Gasteiger partial charge in [0, 0.05) is 6.42 Å². The lowest BCUT2D eigenvalue weighted by molar-refractivity contribution is 0.0814. The monoisotopic (exact) mass is 277 g/mol. The molecule has 3 heterocycles. The fraction of sp³-hybridized carbons (Fsp3) is 0.417. The van der Waals surface area contributed by atoms with Crippen molar-refractivity contribution in [2.24, 2.45) is 0 Å². The molecule has 0 aromatic carbocycles. The summed E-state index contributed by atoms with van der Waals surface area (Å²) in [4.78, 5) is 22.4. The zero-order valence-electron chi connectivity index (χ0n) is 11.2. The first-order valence-electron chi connectivity index (χ1n) is 6.29. The van der Waals surface area contributed by atoms with Gasteiger partial charge in [-0.15, -0.1) is 0 Å². The third-order valence-corrected chi connectivity index (χ3v) is 3.28. The summed E-state index contributed by atoms with van der Waals surface area (Å²) in [7, 11) is 1.61. The van der Waals surface area contributed by atoms with Crippen molar-refractivity contribution in [3.63, 3.8) is 0 Å². The molecule has 106 valence electrons. The molecule has 0 radical (unpaired) electrons. The number of nitrogens with two attached hydrogens (primary N) is 1. The minimum Gasteiger partial charge on any atom is -0.497 e. The highest BCUT2D eigenvalue weighted by atomic mass is 16.5. The molecule has 0 saturated carbocycles. The van der Waals surface area contributed by atoms with E-state index in [-0.39, 0.29) is 23.3 Å². The molecule has 0 amide bonds. The number of aromatic amines is 1. The van der Waals surface area contributed by atoms with Crippen LogP contribution in [0.3, 0.4) is 0 Å². The number of allylic oxidation sites excluding steroid dienone is 1. The molecule has 8 heteroatoms. The van der Waals surface area contributed by atoms with Crippen LogP contribution in [0.5, 0.6) is 0 Å². The van der Waals surface area contributed by atoms with Gasteiger partial charge in [-0.3, -0.25) is 14.3 Å². The van der Waals surface area contributed by atoms with Gasteiger partial charge in [-0.25, -0.2) is 4.98 Å². The molecule has 0 unspecified atom stereocenters. The number of rotatable bonds is 3. The van der Waals surface area contributed by atoms with Gasteiger partial charge >= 0.3 is 0 Å². The maximum absolute atomic E-state index is 11.7. The van der Waals surface area contributed by atoms with Gasteiger partial charge in [0.1, 0.15) is 17.8 Å². The van der Waals surface area contributed by atoms with Crippen LogP contribution in [-0.4, -0.2) is 26.6 Å². The molecule has 1 atom stereocenters. The molecular formula is C12H15N5O3. The average Bonchev–Trinajstić information content (AvgIpc) is 3.01. The minimum absolute atomic E-state index is 0.0536. The van der Waals surface area contributed by atoms with Crippen molar-refractivity contribution >= 4 is 17.1 Å². The number of hydrogen-bond donors (Lipinski definition) is 2. The van der Waals surface area contributed by atoms with Crippen molar-refractivity contribution in [3.05, 3.63) is 28.2 Å². The second-order valence-corrected chi connectivity index (χ2v) is 4.46. The summed E-state index contributed by atoms with van der Waals surface area (Å²) in [6.07, 6.45) is 2.52. The molecule has 1 aliphatic rings. The molecule has 0 bridgehead atoms. The van der Waals surface area contributed by atoms with Crippen LogP contribution in [0.2, 0.25) is 0 Å². The van der Waals surface area contributed by atoms with Gasteiger partial charge in [0.25, 0.3) is 5.56 Å². The third kappa shape index (κ3) is 1.80. The molecule has 0 fully saturated rings. The summed E-state index contributed by atoms with van der Waals surface area (Å²) in [5.74, 6) is 1.66. The van der Waals surface area contributed by atoms with Crippen LogP contribution in [0.1, 0.15) is 26.0 Å². The molecule has 3 N–H and O–H groups in total. The molecule has 0 aliphatic carbocycles. The van der Waals surface area contributed by atoms with Gasteiger partial charge in [-0.2, -0.15) is 4.98 Å². The van der Waals surface area contributed by atoms with E-state index in [9.17, 15) is 4.79 Å². The van der Waals surface area contributed by atoms with Gasteiger partial charge in [0.15, 0.2) is 17.4 Å². The molecule has 1 aliphatic heterocycles. The summed E-state index contributed by atoms with van der Waals surface area (Å²) >= 11 is 0. The van der Waals surface area contributed by atoms with Gasteiger partial charge in [-0.05, 0) is 0 Å². The minimum atomic E-state index is -0.361. The van der Waals surface area contributed by atoms with Crippen LogP contribution in [0, 0.1) is 0 Å². The number of H-pyrrole nitrogens is 1. The Morgan fingerprint density at radius 3 is 3.10 bits per heavy atom. The van der Waals surface area contributed by atoms with Crippen molar-refractivity contribution in [2.75, 3.05) is 12.8 Å². The zero-order chi connectivity index (χ0) is 14.3. The molecule has 20 heavy (non-hydrogen) atoms. The number of nitrogens with one attached hydrogen (secondary N) is 1. The predicted molar refractivity (Wildman–Crippen MR) is 71.6 cm³/mol. The lowest BCUT2D eigenvalue weighted by Crippen LogP contribution is -2.14. The van der Waals surface area contributed by atoms with Crippen molar-refractivity contribution in [3.8, 4) is 0 Å². The van der Waals surface area contributed by atoms with E-state index in [0.717, 1.165) is 17.9 Å². The van der Waals surface area contributed by atoms with Crippen LogP contribution >= 0.6 is 0 Å². The number of nitrogen functional groups attached to an aromatic ring is 1. The maximum atomic E-state index is 11.7. The number of ether oxygens (including phenoxy) is 2. The Labute approximate surface area is 114 Å². The van der Waals surface area contributed by atoms with E-state index in [2.05, 4.69) is 15.0 Å². The van der Waals surface area contributed by atoms with Crippen molar-refractivity contribution in [1.82, 2.24) is 19.5 Å². The Kier molecular flexibility index (Phi) is 2.85. The first-order chi connectivity index (χ1) is 9.63. The number of anilines is 1. The lowest BCUT2D eigenvalue weighted by atomic mass is 10.3. The molecular weight excluding hydrogens is 262 g/mol. The highest BCUT2D eigenvalue weighted by molar-refractivity contribution is 5.70. The van der Waals surface area contributed by atoms with Crippen molar-refractivity contribution in [1.29, 1.82) is 0 Å². The predicted octanol–water partition coefficient (Wildman–Crippen LogP) is 0.889. The SMILES string of the molecule is CCC1=C(OC)C[C@H](n2cnc3c(=O)[nH]c(N)nc32)O1. The van der Waals surface area contributed by atoms with E-state index >= 15 is 0 Å². The van der Waals surface area contributed by atoms with E-state index in [1.54, 1.807) is 11.7 Å². The highest BCUT2D eigenvalue weighted by Gasteiger charge is 2.28. The van der Waals surface area contributed by atoms with E-state index in [1.807, 2.05) is 6.92 Å². The van der Waals surface area contributed by atoms with Gasteiger partial charge < -0.3 is 15.2 Å². The third-order valence-electron chi connectivity index (χ3n) is 3.28. The van der Waals surface area contributed by atoms with Crippen LogP contribution in [0.15, 0.2) is 22.6 Å². The van der Waals surface area contributed by atoms with Gasteiger partial charge in [0.2, 0.25) is 5.95 Å². The number of imidazole rings is 1. The molecule has 0 saturated heterocycles. The Hall–Kier alpha value is -2.51. The quantitative estimate of drug-likeness (QED) is 0.862. The van der Waals surface area contributed by atoms with E-state index in [0.29, 0.717) is 12.1 Å². The molecule has 3 rings (SSSR count). The molecule has 2 aromatic heterocycles. The summed E-state index contributed by atoms with van der Waals surface area (Å²) in [5.41, 5.74) is 5.86. The lowest BCUT2D eigenvalue weighted by Gasteiger charge is -2.13. The summed E-state index contributed by atoms with van der Waals surface area (Å²) in [6.45, 7) is 1.99. The fourth-order valence-corrected chi connectivity index (χ4v) is 2.33. The van der Waals surface area contributed by atoms with E-state index in [1.165, 1.54) is 6.33 Å². The van der Waals surface area contributed by atoms with Crippen molar-refractivity contribution in [2.45, 2.75) is 26.0 Å². The van der Waals surface area contributed by atoms with Gasteiger partial charge in [0.05, 0.1) is 13.5 Å². The van der Waals surface area contributed by atoms with Crippen LogP contribution in [0.25, 0.3) is 11.2 Å². The Bertz CT molecular complexity index is 729. The van der Waals surface area contributed by atoms with Crippen LogP contribution < -0.4 is 11.3 Å². The topological polar surface area (TPSA) is 108 Å². The summed E-state index contributed by atoms with van der Waals surface area (Å²) in [5, 5.41) is 0. The molecule has 2 aromatic rings. The highest BCUT2D eigenvalue weighted by Crippen LogP contribution is 2.35. The standard InChI is InChI=1S/C12H15N5O3/c1-3-6-7(19-2)4-8(20-6)17-5-14-9-10(17)15-12(13)16-11(9)18/h5,8H,3-4H2,1-2H3,(H3,13,15,16,18)/t8-/m1/s1. The molecule has 0 spiro atoms. The van der Waals surface area contributed by atoms with Crippen molar-refractivity contribution < 1.29 is 9.47 Å². The molecule has 8 nitrogen and oxygen atoms in total. The Morgan fingerprint density at radius 1 is 1.65 bits per heavy atom. The Balaban J connectivity index is 2.03. The van der Waals surface area contributed by atoms with E-state index in [4.69, 9.17) is 15.2 Å². The number of hydrogen-bond acceptors (Lipinski definition) is 6. The first kappa shape index (κ1) is 12.5. The maximum Gasteiger partial charge on any atom is 0.280 e. The Morgan fingerprint density at radius 2 is 2.45 bits per heavy atom. The summed E-state index contributed by atoms with van der Waals surface area (Å²) < 4.78 is 12.8. The fourth-order valence-electron chi connectivity index (χ4n) is 2.33. The average molecular weight is 277 g/mol. The summed E-state index contributed by atoms with van der Waals surface area (Å²) in [6, 6.07) is 0. The van der Waals surface area contributed by atoms with Gasteiger partial charge in [-0.1, -0.05) is 6.92 Å². The largest absolute Gasteiger partial charge is 0.497 e. The zero-order valence-corrected chi connectivity index (χ0v) is 11.2.